The molecular formula is C27H26N2O5S. The molecule has 0 saturated carbocycles. The number of methoxy groups -OCH3 is 1. The number of rotatable bonds is 6. The summed E-state index contributed by atoms with van der Waals surface area (Å²) in [5.41, 5.74) is 4.28. The summed E-state index contributed by atoms with van der Waals surface area (Å²) in [5, 5.41) is 2.80. The first kappa shape index (κ1) is 24.2. The van der Waals surface area contributed by atoms with E-state index in [1.54, 1.807) is 67.8 Å². The molecule has 4 rings (SSSR count). The molecule has 2 amide bonds. The molecule has 0 aliphatic carbocycles. The fourth-order valence-electron chi connectivity index (χ4n) is 3.93. The van der Waals surface area contributed by atoms with Crippen LogP contribution in [0.15, 0.2) is 72.3 Å². The number of benzene rings is 3. The Morgan fingerprint density at radius 2 is 1.66 bits per heavy atom. The standard InChI is InChI=1S/C27H26N2O5S/c1-17-8-11-22(14-18(17)2)25-19(3)27(31)29(35(25,32)33)16-20-9-12-21(13-10-20)26(30)28-23-6-5-7-24(15-23)34-4/h5-15H,16H2,1-4H3,(H,28,30). The summed E-state index contributed by atoms with van der Waals surface area (Å²) < 4.78 is 32.7. The summed E-state index contributed by atoms with van der Waals surface area (Å²) in [6.45, 7) is 5.27. The summed E-state index contributed by atoms with van der Waals surface area (Å²) in [7, 11) is -2.46. The van der Waals surface area contributed by atoms with Crippen LogP contribution in [-0.2, 0) is 21.4 Å². The van der Waals surface area contributed by atoms with E-state index >= 15 is 0 Å². The normalized spacial score (nSPS) is 14.9. The van der Waals surface area contributed by atoms with E-state index in [9.17, 15) is 18.0 Å². The van der Waals surface area contributed by atoms with Crippen molar-refractivity contribution in [2.45, 2.75) is 27.3 Å². The second kappa shape index (κ2) is 9.38. The Morgan fingerprint density at radius 1 is 0.943 bits per heavy atom. The first-order valence-corrected chi connectivity index (χ1v) is 12.5. The smallest absolute Gasteiger partial charge is 0.268 e. The second-order valence-electron chi connectivity index (χ2n) is 8.45. The summed E-state index contributed by atoms with van der Waals surface area (Å²) in [6, 6.07) is 18.9. The van der Waals surface area contributed by atoms with Gasteiger partial charge in [-0.1, -0.05) is 36.4 Å². The molecule has 35 heavy (non-hydrogen) atoms. The molecule has 3 aromatic rings. The molecule has 0 aromatic heterocycles. The molecule has 1 aliphatic heterocycles. The molecule has 1 N–H and O–H groups in total. The van der Waals surface area contributed by atoms with Crippen molar-refractivity contribution in [3.8, 4) is 5.75 Å². The maximum atomic E-state index is 13.3. The zero-order valence-corrected chi connectivity index (χ0v) is 20.8. The molecule has 7 nitrogen and oxygen atoms in total. The van der Waals surface area contributed by atoms with Crippen molar-refractivity contribution >= 4 is 32.4 Å². The zero-order valence-electron chi connectivity index (χ0n) is 20.0. The molecule has 0 saturated heterocycles. The maximum absolute atomic E-state index is 13.3. The average molecular weight is 491 g/mol. The highest BCUT2D eigenvalue weighted by atomic mass is 32.2. The summed E-state index contributed by atoms with van der Waals surface area (Å²) in [6.07, 6.45) is 0. The van der Waals surface area contributed by atoms with Crippen LogP contribution in [0.1, 0.15) is 39.5 Å². The Morgan fingerprint density at radius 3 is 2.31 bits per heavy atom. The van der Waals surface area contributed by atoms with Gasteiger partial charge in [-0.2, -0.15) is 0 Å². The molecule has 0 bridgehead atoms. The van der Waals surface area contributed by atoms with Gasteiger partial charge in [0.2, 0.25) is 0 Å². The minimum Gasteiger partial charge on any atom is -0.497 e. The Balaban J connectivity index is 1.52. The molecule has 180 valence electrons. The highest BCUT2D eigenvalue weighted by Gasteiger charge is 2.42. The minimum absolute atomic E-state index is 0.0416. The Kier molecular flexibility index (Phi) is 6.49. The highest BCUT2D eigenvalue weighted by Crippen LogP contribution is 2.37. The van der Waals surface area contributed by atoms with Gasteiger partial charge in [-0.05, 0) is 67.3 Å². The summed E-state index contributed by atoms with van der Waals surface area (Å²) >= 11 is 0. The second-order valence-corrected chi connectivity index (χ2v) is 10.3. The van der Waals surface area contributed by atoms with E-state index in [2.05, 4.69) is 5.32 Å². The van der Waals surface area contributed by atoms with Gasteiger partial charge in [0, 0.05) is 22.9 Å². The van der Waals surface area contributed by atoms with Gasteiger partial charge >= 0.3 is 0 Å². The van der Waals surface area contributed by atoms with E-state index in [0.717, 1.165) is 15.4 Å². The van der Waals surface area contributed by atoms with Crippen LogP contribution < -0.4 is 10.1 Å². The molecular weight excluding hydrogens is 464 g/mol. The van der Waals surface area contributed by atoms with Gasteiger partial charge < -0.3 is 10.1 Å². The van der Waals surface area contributed by atoms with Crippen molar-refractivity contribution in [3.05, 3.63) is 100 Å². The number of anilines is 1. The van der Waals surface area contributed by atoms with E-state index in [-0.39, 0.29) is 22.9 Å². The molecule has 0 atom stereocenters. The van der Waals surface area contributed by atoms with Crippen LogP contribution in [0, 0.1) is 13.8 Å². The number of carbonyl (C=O) groups is 2. The Hall–Kier alpha value is -3.91. The molecule has 0 unspecified atom stereocenters. The van der Waals surface area contributed by atoms with Crippen LogP contribution in [-0.4, -0.2) is 31.6 Å². The van der Waals surface area contributed by atoms with E-state index < -0.39 is 15.9 Å². The van der Waals surface area contributed by atoms with Crippen LogP contribution in [0.25, 0.3) is 4.91 Å². The number of hydrogen-bond acceptors (Lipinski definition) is 5. The third kappa shape index (κ3) is 4.70. The number of hydrogen-bond donors (Lipinski definition) is 1. The van der Waals surface area contributed by atoms with Gasteiger partial charge in [0.1, 0.15) is 10.7 Å². The van der Waals surface area contributed by atoms with E-state index in [0.29, 0.717) is 28.1 Å². The van der Waals surface area contributed by atoms with Gasteiger partial charge in [0.25, 0.3) is 21.8 Å². The van der Waals surface area contributed by atoms with Crippen molar-refractivity contribution in [1.82, 2.24) is 4.31 Å². The molecule has 1 heterocycles. The van der Waals surface area contributed by atoms with Gasteiger partial charge in [-0.25, -0.2) is 12.7 Å². The van der Waals surface area contributed by atoms with Crippen LogP contribution in [0.5, 0.6) is 5.75 Å². The third-order valence-corrected chi connectivity index (χ3v) is 8.01. The summed E-state index contributed by atoms with van der Waals surface area (Å²) in [4.78, 5) is 25.5. The lowest BCUT2D eigenvalue weighted by atomic mass is 10.0. The summed E-state index contributed by atoms with van der Waals surface area (Å²) in [5.74, 6) is -0.235. The fraction of sp³-hybridized carbons (Fsp3) is 0.185. The van der Waals surface area contributed by atoms with E-state index in [1.807, 2.05) is 19.9 Å². The largest absolute Gasteiger partial charge is 0.497 e. The first-order chi connectivity index (χ1) is 16.6. The van der Waals surface area contributed by atoms with Crippen molar-refractivity contribution < 1.29 is 22.7 Å². The molecule has 0 fully saturated rings. The van der Waals surface area contributed by atoms with Crippen molar-refractivity contribution in [1.29, 1.82) is 0 Å². The zero-order chi connectivity index (χ0) is 25.3. The van der Waals surface area contributed by atoms with Crippen molar-refractivity contribution in [2.24, 2.45) is 0 Å². The number of sulfonamides is 1. The lowest BCUT2D eigenvalue weighted by molar-refractivity contribution is -0.122. The van der Waals surface area contributed by atoms with Crippen molar-refractivity contribution in [2.75, 3.05) is 12.4 Å². The third-order valence-electron chi connectivity index (χ3n) is 6.08. The lowest BCUT2D eigenvalue weighted by Gasteiger charge is -2.17. The van der Waals surface area contributed by atoms with E-state index in [1.165, 1.54) is 6.92 Å². The quantitative estimate of drug-likeness (QED) is 0.542. The molecule has 0 radical (unpaired) electrons. The number of nitrogens with zero attached hydrogens (tertiary/aromatic N) is 1. The predicted octanol–water partition coefficient (Wildman–Crippen LogP) is 4.67. The number of aryl methyl sites for hydroxylation is 2. The van der Waals surface area contributed by atoms with Crippen LogP contribution in [0.4, 0.5) is 5.69 Å². The number of nitrogens with one attached hydrogen (secondary N) is 1. The van der Waals surface area contributed by atoms with Gasteiger partial charge in [-0.15, -0.1) is 0 Å². The minimum atomic E-state index is -4.01. The molecule has 0 spiro atoms. The van der Waals surface area contributed by atoms with Crippen LogP contribution in [0.2, 0.25) is 0 Å². The Bertz CT molecular complexity index is 1460. The fourth-order valence-corrected chi connectivity index (χ4v) is 5.73. The topological polar surface area (TPSA) is 92.8 Å². The van der Waals surface area contributed by atoms with Gasteiger partial charge in [0.15, 0.2) is 0 Å². The SMILES string of the molecule is COc1cccc(NC(=O)c2ccc(CN3C(=O)C(C)=C(c4ccc(C)c(C)c4)S3(=O)=O)cc2)c1. The first-order valence-electron chi connectivity index (χ1n) is 11.0. The molecule has 3 aromatic carbocycles. The predicted molar refractivity (Wildman–Crippen MR) is 135 cm³/mol. The van der Waals surface area contributed by atoms with Crippen LogP contribution in [0.3, 0.4) is 0 Å². The van der Waals surface area contributed by atoms with Gasteiger partial charge in [-0.3, -0.25) is 9.59 Å². The van der Waals surface area contributed by atoms with Crippen molar-refractivity contribution in [3.63, 3.8) is 0 Å². The monoisotopic (exact) mass is 490 g/mol. The number of amides is 2. The number of carbonyl (C=O) groups excluding carboxylic acids is 2. The molecule has 8 heteroatoms. The Labute approximate surface area is 205 Å². The van der Waals surface area contributed by atoms with Gasteiger partial charge in [0.05, 0.1) is 13.7 Å². The molecule has 1 aliphatic rings. The maximum Gasteiger partial charge on any atom is 0.268 e. The highest BCUT2D eigenvalue weighted by molar-refractivity contribution is 7.99. The number of ether oxygens (including phenoxy) is 1. The van der Waals surface area contributed by atoms with E-state index in [4.69, 9.17) is 4.74 Å². The lowest BCUT2D eigenvalue weighted by Crippen LogP contribution is -2.30. The average Bonchev–Trinajstić information content (AvgIpc) is 3.00. The van der Waals surface area contributed by atoms with Crippen LogP contribution >= 0.6 is 0 Å².